The molecule has 1 unspecified atom stereocenters. The second kappa shape index (κ2) is 2.22. The van der Waals surface area contributed by atoms with Crippen molar-refractivity contribution < 1.29 is 13.2 Å². The molecule has 0 aromatic carbocycles. The summed E-state index contributed by atoms with van der Waals surface area (Å²) in [5.74, 6) is 0.438. The minimum Gasteiger partial charge on any atom is -0.355 e. The second-order valence-electron chi connectivity index (χ2n) is 3.80. The van der Waals surface area contributed by atoms with Gasteiger partial charge in [0.05, 0.1) is 11.5 Å². The lowest BCUT2D eigenvalue weighted by molar-refractivity contribution is -0.119. The minimum atomic E-state index is -2.85. The van der Waals surface area contributed by atoms with Crippen LogP contribution in [0.5, 0.6) is 0 Å². The van der Waals surface area contributed by atoms with Crippen LogP contribution >= 0.6 is 0 Å². The Hall–Kier alpha value is -0.580. The zero-order valence-corrected chi connectivity index (χ0v) is 7.49. The molecule has 2 aliphatic rings. The monoisotopic (exact) mass is 189 g/mol. The number of hydrogen-bond acceptors (Lipinski definition) is 3. The van der Waals surface area contributed by atoms with Gasteiger partial charge in [0, 0.05) is 18.4 Å². The Balaban J connectivity index is 2.22. The number of rotatable bonds is 0. The maximum atomic E-state index is 11.2. The van der Waals surface area contributed by atoms with Crippen molar-refractivity contribution in [2.24, 2.45) is 5.41 Å². The highest BCUT2D eigenvalue weighted by Gasteiger charge is 2.46. The van der Waals surface area contributed by atoms with Crippen molar-refractivity contribution in [2.75, 3.05) is 18.1 Å². The Morgan fingerprint density at radius 1 is 1.42 bits per heavy atom. The highest BCUT2D eigenvalue weighted by Crippen LogP contribution is 2.37. The predicted octanol–water partition coefficient (Wildman–Crippen LogP) is -0.689. The van der Waals surface area contributed by atoms with Crippen LogP contribution in [0.25, 0.3) is 0 Å². The Morgan fingerprint density at radius 2 is 2.17 bits per heavy atom. The van der Waals surface area contributed by atoms with Gasteiger partial charge in [0.15, 0.2) is 9.84 Å². The molecule has 12 heavy (non-hydrogen) atoms. The molecule has 0 aromatic heterocycles. The van der Waals surface area contributed by atoms with E-state index in [4.69, 9.17) is 0 Å². The highest BCUT2D eigenvalue weighted by atomic mass is 32.2. The first-order valence-electron chi connectivity index (χ1n) is 3.99. The zero-order valence-electron chi connectivity index (χ0n) is 6.67. The van der Waals surface area contributed by atoms with Crippen molar-refractivity contribution in [3.05, 3.63) is 0 Å². The maximum absolute atomic E-state index is 11.2. The third kappa shape index (κ3) is 1.22. The highest BCUT2D eigenvalue weighted by molar-refractivity contribution is 7.91. The molecule has 2 aliphatic heterocycles. The van der Waals surface area contributed by atoms with E-state index in [1.165, 1.54) is 0 Å². The van der Waals surface area contributed by atoms with Crippen LogP contribution in [0.15, 0.2) is 0 Å². The summed E-state index contributed by atoms with van der Waals surface area (Å²) in [6, 6.07) is 0. The summed E-state index contributed by atoms with van der Waals surface area (Å²) in [5, 5.41) is 2.69. The molecule has 2 saturated heterocycles. The molecular formula is C7H11NO3S. The van der Waals surface area contributed by atoms with E-state index >= 15 is 0 Å². The third-order valence-electron chi connectivity index (χ3n) is 2.67. The lowest BCUT2D eigenvalue weighted by Gasteiger charge is -2.16. The molecule has 0 radical (unpaired) electrons. The van der Waals surface area contributed by atoms with Gasteiger partial charge in [0.25, 0.3) is 0 Å². The molecule has 0 aromatic rings. The van der Waals surface area contributed by atoms with E-state index in [-0.39, 0.29) is 22.8 Å². The molecule has 0 aliphatic carbocycles. The van der Waals surface area contributed by atoms with Crippen molar-refractivity contribution in [3.8, 4) is 0 Å². The van der Waals surface area contributed by atoms with E-state index < -0.39 is 9.84 Å². The molecule has 2 rings (SSSR count). The van der Waals surface area contributed by atoms with Gasteiger partial charge in [-0.2, -0.15) is 0 Å². The summed E-state index contributed by atoms with van der Waals surface area (Å²) in [7, 11) is -2.85. The summed E-state index contributed by atoms with van der Waals surface area (Å²) < 4.78 is 22.3. The maximum Gasteiger partial charge on any atom is 0.220 e. The average molecular weight is 189 g/mol. The summed E-state index contributed by atoms with van der Waals surface area (Å²) in [6.07, 6.45) is 1.04. The van der Waals surface area contributed by atoms with Crippen LogP contribution < -0.4 is 5.32 Å². The molecule has 1 spiro atoms. The zero-order chi connectivity index (χ0) is 8.82. The van der Waals surface area contributed by atoms with Crippen LogP contribution in [0.1, 0.15) is 12.8 Å². The molecule has 1 N–H and O–H groups in total. The quantitative estimate of drug-likeness (QED) is 0.548. The first-order chi connectivity index (χ1) is 5.52. The summed E-state index contributed by atoms with van der Waals surface area (Å²) in [6.45, 7) is 0.547. The fraction of sp³-hybridized carbons (Fsp3) is 0.857. The number of amides is 1. The molecule has 4 nitrogen and oxygen atoms in total. The number of carbonyl (C=O) groups excluding carboxylic acids is 1. The molecule has 5 heteroatoms. The van der Waals surface area contributed by atoms with Gasteiger partial charge in [-0.05, 0) is 6.42 Å². The first-order valence-corrected chi connectivity index (χ1v) is 5.81. The van der Waals surface area contributed by atoms with Gasteiger partial charge in [0.1, 0.15) is 0 Å². The Labute approximate surface area is 71.3 Å². The van der Waals surface area contributed by atoms with Crippen molar-refractivity contribution in [2.45, 2.75) is 12.8 Å². The van der Waals surface area contributed by atoms with E-state index in [1.807, 2.05) is 0 Å². The van der Waals surface area contributed by atoms with Crippen molar-refractivity contribution in [1.29, 1.82) is 0 Å². The lowest BCUT2D eigenvalue weighted by atomic mass is 9.87. The number of carbonyl (C=O) groups is 1. The van der Waals surface area contributed by atoms with Gasteiger partial charge in [-0.15, -0.1) is 0 Å². The number of hydrogen-bond donors (Lipinski definition) is 1. The molecule has 1 atom stereocenters. The minimum absolute atomic E-state index is 0.00731. The molecule has 0 saturated carbocycles. The first kappa shape index (κ1) is 8.04. The Morgan fingerprint density at radius 3 is 2.58 bits per heavy atom. The van der Waals surface area contributed by atoms with Crippen LogP contribution in [-0.2, 0) is 14.6 Å². The normalized spacial score (nSPS) is 38.8. The average Bonchev–Trinajstić information content (AvgIpc) is 2.41. The SMILES string of the molecule is O=C1CC2(CCS(=O)(=O)C2)CN1. The van der Waals surface area contributed by atoms with E-state index in [0.29, 0.717) is 19.4 Å². The van der Waals surface area contributed by atoms with E-state index in [9.17, 15) is 13.2 Å². The fourth-order valence-electron chi connectivity index (χ4n) is 2.01. The number of sulfone groups is 1. The largest absolute Gasteiger partial charge is 0.355 e. The van der Waals surface area contributed by atoms with Gasteiger partial charge in [-0.1, -0.05) is 0 Å². The van der Waals surface area contributed by atoms with Gasteiger partial charge < -0.3 is 5.32 Å². The predicted molar refractivity (Wildman–Crippen MR) is 43.3 cm³/mol. The molecule has 68 valence electrons. The van der Waals surface area contributed by atoms with E-state index in [0.717, 1.165) is 0 Å². The third-order valence-corrected chi connectivity index (χ3v) is 4.54. The molecule has 0 bridgehead atoms. The molecule has 2 fully saturated rings. The summed E-state index contributed by atoms with van der Waals surface area (Å²) in [5.41, 5.74) is -0.254. The Bertz CT molecular complexity index is 322. The van der Waals surface area contributed by atoms with Gasteiger partial charge in [-0.3, -0.25) is 4.79 Å². The number of nitrogens with one attached hydrogen (secondary N) is 1. The van der Waals surface area contributed by atoms with Crippen molar-refractivity contribution in [3.63, 3.8) is 0 Å². The van der Waals surface area contributed by atoms with E-state index in [2.05, 4.69) is 5.32 Å². The van der Waals surface area contributed by atoms with Crippen LogP contribution in [-0.4, -0.2) is 32.4 Å². The lowest BCUT2D eigenvalue weighted by Crippen LogP contribution is -2.25. The fourth-order valence-corrected chi connectivity index (χ4v) is 4.18. The molecule has 2 heterocycles. The van der Waals surface area contributed by atoms with Crippen molar-refractivity contribution in [1.82, 2.24) is 5.32 Å². The van der Waals surface area contributed by atoms with Gasteiger partial charge >= 0.3 is 0 Å². The Kier molecular flexibility index (Phi) is 1.49. The van der Waals surface area contributed by atoms with Crippen LogP contribution in [0, 0.1) is 5.41 Å². The topological polar surface area (TPSA) is 63.2 Å². The smallest absolute Gasteiger partial charge is 0.220 e. The van der Waals surface area contributed by atoms with Crippen LogP contribution in [0.4, 0.5) is 0 Å². The standard InChI is InChI=1S/C7H11NO3S/c9-6-3-7(4-8-6)1-2-12(10,11)5-7/h1-5H2,(H,8,9). The van der Waals surface area contributed by atoms with Crippen LogP contribution in [0.2, 0.25) is 0 Å². The summed E-state index contributed by atoms with van der Waals surface area (Å²) in [4.78, 5) is 10.9. The summed E-state index contributed by atoms with van der Waals surface area (Å²) >= 11 is 0. The molecular weight excluding hydrogens is 178 g/mol. The van der Waals surface area contributed by atoms with E-state index in [1.54, 1.807) is 0 Å². The van der Waals surface area contributed by atoms with Crippen molar-refractivity contribution >= 4 is 15.7 Å². The van der Waals surface area contributed by atoms with Gasteiger partial charge in [0.2, 0.25) is 5.91 Å². The molecule has 1 amide bonds. The van der Waals surface area contributed by atoms with Gasteiger partial charge in [-0.25, -0.2) is 8.42 Å². The second-order valence-corrected chi connectivity index (χ2v) is 5.98. The van der Waals surface area contributed by atoms with Crippen LogP contribution in [0.3, 0.4) is 0 Å².